The minimum absolute atomic E-state index is 0.299. The molecule has 2 rings (SSSR count). The van der Waals surface area contributed by atoms with Crippen molar-refractivity contribution in [3.8, 4) is 17.4 Å². The van der Waals surface area contributed by atoms with Gasteiger partial charge in [-0.15, -0.1) is 0 Å². The summed E-state index contributed by atoms with van der Waals surface area (Å²) in [5, 5.41) is 3.08. The molecule has 1 heterocycles. The number of methoxy groups -OCH3 is 2. The Morgan fingerprint density at radius 1 is 1.21 bits per heavy atom. The molecule has 28 heavy (non-hydrogen) atoms. The zero-order chi connectivity index (χ0) is 20.5. The third-order valence-electron chi connectivity index (χ3n) is 3.60. The molecule has 0 spiro atoms. The lowest BCUT2D eigenvalue weighted by molar-refractivity contribution is 0.102. The maximum absolute atomic E-state index is 12.7. The monoisotopic (exact) mass is 408 g/mol. The molecule has 0 atom stereocenters. The van der Waals surface area contributed by atoms with Crippen molar-refractivity contribution in [1.29, 1.82) is 0 Å². The molecule has 152 valence electrons. The number of ether oxygens (including phenoxy) is 4. The maximum atomic E-state index is 12.7. The standard InChI is InChI=1S/C20H25ClN2O5/c1-13(2)12-28-18-15(21)10-14(11-17(18)26-4)19(24)23-16-6-5-7-22-20(16)27-9-8-25-3/h5-7,10-11,13H,8-9,12H2,1-4H3,(H,23,24). The predicted molar refractivity (Wildman–Crippen MR) is 108 cm³/mol. The summed E-state index contributed by atoms with van der Waals surface area (Å²) in [5.74, 6) is 1.06. The van der Waals surface area contributed by atoms with Crippen LogP contribution < -0.4 is 19.5 Å². The van der Waals surface area contributed by atoms with E-state index in [4.69, 9.17) is 30.5 Å². The number of benzene rings is 1. The Hall–Kier alpha value is -2.51. The summed E-state index contributed by atoms with van der Waals surface area (Å²) in [5.41, 5.74) is 0.768. The lowest BCUT2D eigenvalue weighted by Crippen LogP contribution is -2.15. The van der Waals surface area contributed by atoms with Crippen LogP contribution in [0.3, 0.4) is 0 Å². The summed E-state index contributed by atoms with van der Waals surface area (Å²) >= 11 is 6.32. The number of amides is 1. The number of anilines is 1. The molecule has 0 fully saturated rings. The number of rotatable bonds is 10. The highest BCUT2D eigenvalue weighted by molar-refractivity contribution is 6.32. The Balaban J connectivity index is 2.20. The largest absolute Gasteiger partial charge is 0.493 e. The Bertz CT molecular complexity index is 798. The minimum atomic E-state index is -0.375. The van der Waals surface area contributed by atoms with E-state index < -0.39 is 0 Å². The van der Waals surface area contributed by atoms with Gasteiger partial charge in [0.25, 0.3) is 5.91 Å². The van der Waals surface area contributed by atoms with Gasteiger partial charge in [0.15, 0.2) is 11.5 Å². The molecule has 1 aromatic heterocycles. The van der Waals surface area contributed by atoms with Gasteiger partial charge in [-0.2, -0.15) is 0 Å². The van der Waals surface area contributed by atoms with Crippen LogP contribution in [0.15, 0.2) is 30.5 Å². The molecule has 0 saturated carbocycles. The maximum Gasteiger partial charge on any atom is 0.256 e. The number of hydrogen-bond acceptors (Lipinski definition) is 6. The highest BCUT2D eigenvalue weighted by atomic mass is 35.5. The van der Waals surface area contributed by atoms with E-state index in [1.807, 2.05) is 13.8 Å². The average molecular weight is 409 g/mol. The topological polar surface area (TPSA) is 78.9 Å². The van der Waals surface area contributed by atoms with Crippen molar-refractivity contribution >= 4 is 23.2 Å². The van der Waals surface area contributed by atoms with Gasteiger partial charge in [-0.05, 0) is 30.2 Å². The lowest BCUT2D eigenvalue weighted by atomic mass is 10.1. The molecule has 0 aliphatic heterocycles. The molecule has 0 bridgehead atoms. The molecule has 0 aliphatic carbocycles. The van der Waals surface area contributed by atoms with Gasteiger partial charge < -0.3 is 24.3 Å². The van der Waals surface area contributed by atoms with Crippen molar-refractivity contribution in [2.45, 2.75) is 13.8 Å². The Labute approximate surface area is 169 Å². The first-order valence-corrected chi connectivity index (χ1v) is 9.22. The van der Waals surface area contributed by atoms with Gasteiger partial charge in [-0.25, -0.2) is 4.98 Å². The summed E-state index contributed by atoms with van der Waals surface area (Å²) in [6, 6.07) is 6.52. The number of nitrogens with one attached hydrogen (secondary N) is 1. The third kappa shape index (κ3) is 6.00. The van der Waals surface area contributed by atoms with Crippen molar-refractivity contribution in [2.24, 2.45) is 5.92 Å². The molecule has 1 amide bonds. The Morgan fingerprint density at radius 2 is 2.00 bits per heavy atom. The molecule has 7 nitrogen and oxygen atoms in total. The van der Waals surface area contributed by atoms with Gasteiger partial charge in [0.2, 0.25) is 5.88 Å². The van der Waals surface area contributed by atoms with E-state index in [9.17, 15) is 4.79 Å². The van der Waals surface area contributed by atoms with E-state index in [-0.39, 0.29) is 5.91 Å². The Morgan fingerprint density at radius 3 is 2.68 bits per heavy atom. The molecule has 0 aliphatic rings. The second-order valence-corrected chi connectivity index (χ2v) is 6.75. The molecule has 1 N–H and O–H groups in total. The van der Waals surface area contributed by atoms with Crippen LogP contribution in [0.1, 0.15) is 24.2 Å². The van der Waals surface area contributed by atoms with Gasteiger partial charge >= 0.3 is 0 Å². The number of nitrogens with zero attached hydrogens (tertiary/aromatic N) is 1. The first-order chi connectivity index (χ1) is 13.5. The normalized spacial score (nSPS) is 10.6. The zero-order valence-electron chi connectivity index (χ0n) is 16.5. The fraction of sp³-hybridized carbons (Fsp3) is 0.400. The van der Waals surface area contributed by atoms with Gasteiger partial charge in [-0.1, -0.05) is 25.4 Å². The predicted octanol–water partition coefficient (Wildman–Crippen LogP) is 4.06. The van der Waals surface area contributed by atoms with Crippen LogP contribution >= 0.6 is 11.6 Å². The van der Waals surface area contributed by atoms with Gasteiger partial charge in [0, 0.05) is 18.9 Å². The van der Waals surface area contributed by atoms with E-state index in [0.29, 0.717) is 59.4 Å². The van der Waals surface area contributed by atoms with Crippen LogP contribution in [0.25, 0.3) is 0 Å². The number of pyridine rings is 1. The van der Waals surface area contributed by atoms with Crippen molar-refractivity contribution in [3.05, 3.63) is 41.0 Å². The van der Waals surface area contributed by atoms with E-state index in [1.165, 1.54) is 13.2 Å². The van der Waals surface area contributed by atoms with Crippen LogP contribution in [-0.4, -0.2) is 44.9 Å². The summed E-state index contributed by atoms with van der Waals surface area (Å²) in [6.07, 6.45) is 1.58. The molecule has 0 unspecified atom stereocenters. The van der Waals surface area contributed by atoms with E-state index in [1.54, 1.807) is 31.5 Å². The van der Waals surface area contributed by atoms with E-state index in [0.717, 1.165) is 0 Å². The SMILES string of the molecule is COCCOc1ncccc1NC(=O)c1cc(Cl)c(OCC(C)C)c(OC)c1. The molecule has 8 heteroatoms. The summed E-state index contributed by atoms with van der Waals surface area (Å²) in [6.45, 7) is 5.27. The number of aromatic nitrogens is 1. The molecule has 1 aromatic carbocycles. The quantitative estimate of drug-likeness (QED) is 0.597. The number of halogens is 1. The summed E-state index contributed by atoms with van der Waals surface area (Å²) in [7, 11) is 3.08. The fourth-order valence-corrected chi connectivity index (χ4v) is 2.52. The number of carbonyl (C=O) groups is 1. The van der Waals surface area contributed by atoms with Gasteiger partial charge in [0.05, 0.1) is 25.3 Å². The van der Waals surface area contributed by atoms with Crippen LogP contribution in [0.2, 0.25) is 5.02 Å². The van der Waals surface area contributed by atoms with Gasteiger partial charge in [-0.3, -0.25) is 4.79 Å². The lowest BCUT2D eigenvalue weighted by Gasteiger charge is -2.16. The van der Waals surface area contributed by atoms with Crippen molar-refractivity contribution in [1.82, 2.24) is 4.98 Å². The van der Waals surface area contributed by atoms with Crippen LogP contribution in [-0.2, 0) is 4.74 Å². The molecular weight excluding hydrogens is 384 g/mol. The second kappa shape index (κ2) is 10.7. The third-order valence-corrected chi connectivity index (χ3v) is 3.88. The summed E-state index contributed by atoms with van der Waals surface area (Å²) in [4.78, 5) is 16.9. The van der Waals surface area contributed by atoms with Crippen LogP contribution in [0.5, 0.6) is 17.4 Å². The molecule has 0 radical (unpaired) electrons. The highest BCUT2D eigenvalue weighted by Gasteiger charge is 2.18. The van der Waals surface area contributed by atoms with Gasteiger partial charge in [0.1, 0.15) is 12.3 Å². The van der Waals surface area contributed by atoms with Crippen LogP contribution in [0, 0.1) is 5.92 Å². The smallest absolute Gasteiger partial charge is 0.256 e. The minimum Gasteiger partial charge on any atom is -0.493 e. The van der Waals surface area contributed by atoms with E-state index >= 15 is 0 Å². The molecular formula is C20H25ClN2O5. The van der Waals surface area contributed by atoms with Crippen LogP contribution in [0.4, 0.5) is 5.69 Å². The van der Waals surface area contributed by atoms with E-state index in [2.05, 4.69) is 10.3 Å². The number of hydrogen-bond donors (Lipinski definition) is 1. The first kappa shape index (κ1) is 21.8. The van der Waals surface area contributed by atoms with Crippen molar-refractivity contribution in [3.63, 3.8) is 0 Å². The average Bonchev–Trinajstić information content (AvgIpc) is 2.67. The molecule has 0 saturated heterocycles. The molecule has 2 aromatic rings. The van der Waals surface area contributed by atoms with Crippen molar-refractivity contribution < 1.29 is 23.7 Å². The zero-order valence-corrected chi connectivity index (χ0v) is 17.2. The second-order valence-electron chi connectivity index (χ2n) is 6.35. The fourth-order valence-electron chi connectivity index (χ4n) is 2.26. The Kier molecular flexibility index (Phi) is 8.35. The number of carbonyl (C=O) groups excluding carboxylic acids is 1. The summed E-state index contributed by atoms with van der Waals surface area (Å²) < 4.78 is 21.6. The first-order valence-electron chi connectivity index (χ1n) is 8.84. The highest BCUT2D eigenvalue weighted by Crippen LogP contribution is 2.37. The van der Waals surface area contributed by atoms with Crippen molar-refractivity contribution in [2.75, 3.05) is 39.4 Å².